The second-order valence-electron chi connectivity index (χ2n) is 6.56. The third-order valence-electron chi connectivity index (χ3n) is 3.34. The molecule has 0 aliphatic rings. The van der Waals surface area contributed by atoms with Gasteiger partial charge in [0.05, 0.1) is 0 Å². The minimum absolute atomic E-state index is 0.457. The molecule has 0 bridgehead atoms. The molecule has 1 aromatic rings. The summed E-state index contributed by atoms with van der Waals surface area (Å²) in [5.74, 6) is 0. The summed E-state index contributed by atoms with van der Waals surface area (Å²) in [6.07, 6.45) is 5.09. The zero-order valence-corrected chi connectivity index (χ0v) is 12.6. The number of aryl methyl sites for hydroxylation is 1. The SMILES string of the molecule is CN(CCCCc1ccccc1)CCC(C)(C)C. The quantitative estimate of drug-likeness (QED) is 0.646. The molecule has 0 atom stereocenters. The Morgan fingerprint density at radius 3 is 2.22 bits per heavy atom. The van der Waals surface area contributed by atoms with E-state index in [1.54, 1.807) is 0 Å². The second-order valence-corrected chi connectivity index (χ2v) is 6.56. The van der Waals surface area contributed by atoms with E-state index in [1.165, 1.54) is 44.3 Å². The molecular formula is C17H29N. The molecule has 0 aliphatic heterocycles. The van der Waals surface area contributed by atoms with Crippen molar-refractivity contribution in [2.45, 2.75) is 46.5 Å². The molecule has 1 aromatic carbocycles. The number of unbranched alkanes of at least 4 members (excludes halogenated alkanes) is 1. The van der Waals surface area contributed by atoms with Crippen LogP contribution in [-0.2, 0) is 6.42 Å². The lowest BCUT2D eigenvalue weighted by Gasteiger charge is -2.23. The molecular weight excluding hydrogens is 218 g/mol. The maximum Gasteiger partial charge on any atom is -0.00168 e. The van der Waals surface area contributed by atoms with Gasteiger partial charge in [-0.1, -0.05) is 51.1 Å². The van der Waals surface area contributed by atoms with E-state index in [0.717, 1.165) is 0 Å². The molecule has 0 saturated heterocycles. The van der Waals surface area contributed by atoms with Gasteiger partial charge in [-0.05, 0) is 56.8 Å². The Hall–Kier alpha value is -0.820. The highest BCUT2D eigenvalue weighted by molar-refractivity contribution is 5.14. The Morgan fingerprint density at radius 2 is 1.61 bits per heavy atom. The van der Waals surface area contributed by atoms with Gasteiger partial charge in [-0.25, -0.2) is 0 Å². The van der Waals surface area contributed by atoms with E-state index in [-0.39, 0.29) is 0 Å². The molecule has 1 heteroatoms. The van der Waals surface area contributed by atoms with Crippen molar-refractivity contribution < 1.29 is 0 Å². The molecule has 18 heavy (non-hydrogen) atoms. The molecule has 0 N–H and O–H groups in total. The monoisotopic (exact) mass is 247 g/mol. The van der Waals surface area contributed by atoms with Crippen LogP contribution in [0.2, 0.25) is 0 Å². The Kier molecular flexibility index (Phi) is 6.42. The predicted octanol–water partition coefficient (Wildman–Crippen LogP) is 4.38. The van der Waals surface area contributed by atoms with Crippen LogP contribution in [0.3, 0.4) is 0 Å². The zero-order chi connectivity index (χ0) is 13.4. The number of hydrogen-bond donors (Lipinski definition) is 0. The van der Waals surface area contributed by atoms with Crippen LogP contribution in [0.4, 0.5) is 0 Å². The molecule has 0 fully saturated rings. The van der Waals surface area contributed by atoms with Crippen LogP contribution in [0.1, 0.15) is 45.6 Å². The highest BCUT2D eigenvalue weighted by Crippen LogP contribution is 2.18. The van der Waals surface area contributed by atoms with Gasteiger partial charge >= 0.3 is 0 Å². The van der Waals surface area contributed by atoms with Gasteiger partial charge in [0.25, 0.3) is 0 Å². The van der Waals surface area contributed by atoms with Crippen LogP contribution >= 0.6 is 0 Å². The molecule has 0 amide bonds. The van der Waals surface area contributed by atoms with Crippen LogP contribution in [0.25, 0.3) is 0 Å². The average molecular weight is 247 g/mol. The Morgan fingerprint density at radius 1 is 0.944 bits per heavy atom. The molecule has 1 rings (SSSR count). The molecule has 0 heterocycles. The van der Waals surface area contributed by atoms with Crippen molar-refractivity contribution in [2.75, 3.05) is 20.1 Å². The van der Waals surface area contributed by atoms with Crippen molar-refractivity contribution in [3.8, 4) is 0 Å². The van der Waals surface area contributed by atoms with E-state index in [2.05, 4.69) is 63.1 Å². The van der Waals surface area contributed by atoms with Crippen molar-refractivity contribution >= 4 is 0 Å². The Labute approximate surface area is 113 Å². The molecule has 1 nitrogen and oxygen atoms in total. The van der Waals surface area contributed by atoms with Gasteiger partial charge in [0.2, 0.25) is 0 Å². The highest BCUT2D eigenvalue weighted by atomic mass is 15.1. The first-order chi connectivity index (χ1) is 8.47. The summed E-state index contributed by atoms with van der Waals surface area (Å²) in [5.41, 5.74) is 1.92. The minimum atomic E-state index is 0.457. The van der Waals surface area contributed by atoms with E-state index < -0.39 is 0 Å². The summed E-state index contributed by atoms with van der Waals surface area (Å²) in [7, 11) is 2.24. The number of rotatable bonds is 7. The van der Waals surface area contributed by atoms with Crippen LogP contribution in [0.15, 0.2) is 30.3 Å². The lowest BCUT2D eigenvalue weighted by molar-refractivity contribution is 0.261. The van der Waals surface area contributed by atoms with Crippen molar-refractivity contribution in [1.82, 2.24) is 4.90 Å². The van der Waals surface area contributed by atoms with Gasteiger partial charge in [0.1, 0.15) is 0 Å². The highest BCUT2D eigenvalue weighted by Gasteiger charge is 2.10. The fourth-order valence-electron chi connectivity index (χ4n) is 1.99. The molecule has 0 saturated carbocycles. The van der Waals surface area contributed by atoms with E-state index in [0.29, 0.717) is 5.41 Å². The van der Waals surface area contributed by atoms with Gasteiger partial charge in [0.15, 0.2) is 0 Å². The fraction of sp³-hybridized carbons (Fsp3) is 0.647. The summed E-state index contributed by atoms with van der Waals surface area (Å²) in [6, 6.07) is 10.8. The van der Waals surface area contributed by atoms with Crippen LogP contribution in [0, 0.1) is 5.41 Å². The average Bonchev–Trinajstić information content (AvgIpc) is 2.33. The van der Waals surface area contributed by atoms with Gasteiger partial charge in [0, 0.05) is 0 Å². The number of benzene rings is 1. The first kappa shape index (κ1) is 15.2. The molecule has 0 aliphatic carbocycles. The van der Waals surface area contributed by atoms with Crippen molar-refractivity contribution in [2.24, 2.45) is 5.41 Å². The summed E-state index contributed by atoms with van der Waals surface area (Å²) in [5, 5.41) is 0. The number of nitrogens with zero attached hydrogens (tertiary/aromatic N) is 1. The topological polar surface area (TPSA) is 3.24 Å². The third-order valence-corrected chi connectivity index (χ3v) is 3.34. The Balaban J connectivity index is 2.07. The summed E-state index contributed by atoms with van der Waals surface area (Å²) in [4.78, 5) is 2.47. The van der Waals surface area contributed by atoms with Crippen LogP contribution in [0.5, 0.6) is 0 Å². The molecule has 102 valence electrons. The number of hydrogen-bond acceptors (Lipinski definition) is 1. The van der Waals surface area contributed by atoms with E-state index in [4.69, 9.17) is 0 Å². The molecule has 0 spiro atoms. The minimum Gasteiger partial charge on any atom is -0.306 e. The van der Waals surface area contributed by atoms with Crippen LogP contribution < -0.4 is 0 Å². The van der Waals surface area contributed by atoms with E-state index >= 15 is 0 Å². The fourth-order valence-corrected chi connectivity index (χ4v) is 1.99. The second kappa shape index (κ2) is 7.58. The largest absolute Gasteiger partial charge is 0.306 e. The maximum absolute atomic E-state index is 2.47. The third kappa shape index (κ3) is 7.50. The predicted molar refractivity (Wildman–Crippen MR) is 80.9 cm³/mol. The van der Waals surface area contributed by atoms with Crippen molar-refractivity contribution in [1.29, 1.82) is 0 Å². The van der Waals surface area contributed by atoms with Gasteiger partial charge in [-0.3, -0.25) is 0 Å². The van der Waals surface area contributed by atoms with Gasteiger partial charge < -0.3 is 4.90 Å². The summed E-state index contributed by atoms with van der Waals surface area (Å²) in [6.45, 7) is 9.39. The smallest absolute Gasteiger partial charge is 0.00168 e. The van der Waals surface area contributed by atoms with Crippen LogP contribution in [-0.4, -0.2) is 25.0 Å². The summed E-state index contributed by atoms with van der Waals surface area (Å²) < 4.78 is 0. The van der Waals surface area contributed by atoms with E-state index in [9.17, 15) is 0 Å². The first-order valence-electron chi connectivity index (χ1n) is 7.20. The molecule has 0 radical (unpaired) electrons. The van der Waals surface area contributed by atoms with E-state index in [1.807, 2.05) is 0 Å². The van der Waals surface area contributed by atoms with Crippen molar-refractivity contribution in [3.05, 3.63) is 35.9 Å². The zero-order valence-electron chi connectivity index (χ0n) is 12.6. The first-order valence-corrected chi connectivity index (χ1v) is 7.20. The Bertz CT molecular complexity index is 310. The van der Waals surface area contributed by atoms with Gasteiger partial charge in [-0.15, -0.1) is 0 Å². The van der Waals surface area contributed by atoms with Crippen molar-refractivity contribution in [3.63, 3.8) is 0 Å². The molecule has 0 unspecified atom stereocenters. The standard InChI is InChI=1S/C17H29N/c1-17(2,3)13-15-18(4)14-9-8-12-16-10-6-5-7-11-16/h5-7,10-11H,8-9,12-15H2,1-4H3. The van der Waals surface area contributed by atoms with Gasteiger partial charge in [-0.2, -0.15) is 0 Å². The normalized spacial score (nSPS) is 12.1. The lowest BCUT2D eigenvalue weighted by Crippen LogP contribution is -2.24. The summed E-state index contributed by atoms with van der Waals surface area (Å²) >= 11 is 0. The lowest BCUT2D eigenvalue weighted by atomic mass is 9.92. The maximum atomic E-state index is 2.47. The molecule has 0 aromatic heterocycles.